The Morgan fingerprint density at radius 3 is 0.700 bits per heavy atom. The van der Waals surface area contributed by atoms with E-state index in [4.69, 9.17) is 19.6 Å². The summed E-state index contributed by atoms with van der Waals surface area (Å²) in [5, 5.41) is 21.7. The average molecular weight is 755 g/mol. The van der Waals surface area contributed by atoms with Gasteiger partial charge in [-0.1, -0.05) is 233 Å². The highest BCUT2D eigenvalue weighted by atomic mass is 31.2. The predicted molar refractivity (Wildman–Crippen MR) is 218 cm³/mol. The summed E-state index contributed by atoms with van der Waals surface area (Å²) in [7, 11) is -5.22. The zero-order valence-corrected chi connectivity index (χ0v) is 35.5. The molecule has 0 radical (unpaired) electrons. The van der Waals surface area contributed by atoms with Crippen molar-refractivity contribution < 1.29 is 34.1 Å². The van der Waals surface area contributed by atoms with Crippen LogP contribution < -0.4 is 0 Å². The van der Waals surface area contributed by atoms with Gasteiger partial charge in [0.05, 0.1) is 12.2 Å². The van der Waals surface area contributed by atoms with Crippen LogP contribution in [0.5, 0.6) is 0 Å². The lowest BCUT2D eigenvalue weighted by molar-refractivity contribution is -0.0555. The van der Waals surface area contributed by atoms with Crippen molar-refractivity contribution in [2.45, 2.75) is 258 Å². The van der Waals surface area contributed by atoms with Gasteiger partial charge in [0, 0.05) is 5.41 Å². The minimum Gasteiger partial charge on any atom is -0.392 e. The SMILES string of the molecule is CCCCCCCCCCCCCCCCCCC(O)C(C)(C)C(O)CCCCCCCCCCCCCCCCCC.OP(O)OP(O)O. The Morgan fingerprint density at radius 1 is 0.360 bits per heavy atom. The van der Waals surface area contributed by atoms with E-state index >= 15 is 0 Å². The van der Waals surface area contributed by atoms with Crippen LogP contribution in [0.1, 0.15) is 246 Å². The maximum Gasteiger partial charge on any atom is 0.334 e. The molecule has 0 amide bonds. The van der Waals surface area contributed by atoms with Crippen LogP contribution in [0.15, 0.2) is 0 Å². The molecule has 0 saturated heterocycles. The van der Waals surface area contributed by atoms with Crippen molar-refractivity contribution in [2.75, 3.05) is 0 Å². The molecule has 0 aromatic rings. The van der Waals surface area contributed by atoms with E-state index in [2.05, 4.69) is 32.0 Å². The standard InChI is InChI=1S/C41H84O2.H4O5P2/c1-5-7-9-11-13-15-17-19-21-23-25-27-29-31-33-35-37-39(42)41(3,4)40(43)38-36-34-32-30-28-26-24-22-20-18-16-14-12-10-8-6-2;1-6(2)5-7(3)4/h39-40,42-43H,5-38H2,1-4H3;1-4H. The Bertz CT molecular complexity index is 590. The second-order valence-corrected chi connectivity index (χ2v) is 17.3. The van der Waals surface area contributed by atoms with Crippen molar-refractivity contribution in [3.8, 4) is 0 Å². The summed E-state index contributed by atoms with van der Waals surface area (Å²) in [5.41, 5.74) is -0.398. The second kappa shape index (κ2) is 40.8. The summed E-state index contributed by atoms with van der Waals surface area (Å²) in [6.07, 6.45) is 44.9. The molecule has 0 bridgehead atoms. The third kappa shape index (κ3) is 39.8. The predicted octanol–water partition coefficient (Wildman–Crippen LogP) is 13.5. The molecule has 50 heavy (non-hydrogen) atoms. The van der Waals surface area contributed by atoms with Gasteiger partial charge in [0.2, 0.25) is 0 Å². The molecule has 0 saturated carbocycles. The second-order valence-electron chi connectivity index (χ2n) is 15.6. The number of unbranched alkanes of at least 4 members (excludes halogenated alkanes) is 30. The van der Waals surface area contributed by atoms with E-state index in [1.165, 1.54) is 193 Å². The maximum absolute atomic E-state index is 10.8. The minimum atomic E-state index is -2.61. The van der Waals surface area contributed by atoms with Gasteiger partial charge in [0.25, 0.3) is 0 Å². The van der Waals surface area contributed by atoms with Crippen LogP contribution in [0.2, 0.25) is 0 Å². The van der Waals surface area contributed by atoms with E-state index in [-0.39, 0.29) is 0 Å². The molecule has 0 aromatic carbocycles. The molecule has 0 aliphatic rings. The molecule has 2 unspecified atom stereocenters. The third-order valence-electron chi connectivity index (χ3n) is 10.5. The van der Waals surface area contributed by atoms with Crippen LogP contribution in [-0.4, -0.2) is 42.0 Å². The molecule has 2 atom stereocenters. The van der Waals surface area contributed by atoms with Crippen molar-refractivity contribution >= 4 is 17.2 Å². The van der Waals surface area contributed by atoms with Gasteiger partial charge >= 0.3 is 17.2 Å². The first kappa shape index (κ1) is 52.7. The number of hydrogen-bond acceptors (Lipinski definition) is 7. The molecule has 0 fully saturated rings. The lowest BCUT2D eigenvalue weighted by Crippen LogP contribution is -2.40. The summed E-state index contributed by atoms with van der Waals surface area (Å²) in [4.78, 5) is 31.3. The van der Waals surface area contributed by atoms with Crippen LogP contribution >= 0.6 is 17.2 Å². The van der Waals surface area contributed by atoms with Crippen molar-refractivity contribution in [1.82, 2.24) is 0 Å². The summed E-state index contributed by atoms with van der Waals surface area (Å²) >= 11 is 0. The van der Waals surface area contributed by atoms with Gasteiger partial charge in [-0.15, -0.1) is 0 Å². The van der Waals surface area contributed by atoms with Crippen LogP contribution in [0.3, 0.4) is 0 Å². The fourth-order valence-electron chi connectivity index (χ4n) is 6.80. The van der Waals surface area contributed by atoms with Gasteiger partial charge in [-0.25, -0.2) is 4.31 Å². The van der Waals surface area contributed by atoms with Crippen molar-refractivity contribution in [3.05, 3.63) is 0 Å². The van der Waals surface area contributed by atoms with E-state index in [1.807, 2.05) is 0 Å². The molecule has 0 aromatic heterocycles. The topological polar surface area (TPSA) is 131 Å². The molecule has 7 nitrogen and oxygen atoms in total. The Labute approximate surface area is 314 Å². The highest BCUT2D eigenvalue weighted by Gasteiger charge is 2.34. The highest BCUT2D eigenvalue weighted by Crippen LogP contribution is 2.41. The molecule has 0 rings (SSSR count). The Kier molecular flexibility index (Phi) is 42.9. The van der Waals surface area contributed by atoms with Gasteiger partial charge < -0.3 is 29.8 Å². The maximum atomic E-state index is 10.8. The zero-order chi connectivity index (χ0) is 37.6. The molecular weight excluding hydrogens is 666 g/mol. The largest absolute Gasteiger partial charge is 0.392 e. The van der Waals surface area contributed by atoms with E-state index in [9.17, 15) is 10.2 Å². The quantitative estimate of drug-likeness (QED) is 0.0273. The molecule has 9 heteroatoms. The van der Waals surface area contributed by atoms with Crippen LogP contribution in [0.4, 0.5) is 0 Å². The summed E-state index contributed by atoms with van der Waals surface area (Å²) in [5.74, 6) is 0. The smallest absolute Gasteiger partial charge is 0.334 e. The molecule has 0 aliphatic carbocycles. The van der Waals surface area contributed by atoms with Crippen molar-refractivity contribution in [2.24, 2.45) is 5.41 Å². The van der Waals surface area contributed by atoms with E-state index in [0.29, 0.717) is 0 Å². The van der Waals surface area contributed by atoms with Crippen LogP contribution in [0.25, 0.3) is 0 Å². The van der Waals surface area contributed by atoms with E-state index in [1.54, 1.807) is 0 Å². The highest BCUT2D eigenvalue weighted by molar-refractivity contribution is 7.53. The molecule has 6 N–H and O–H groups in total. The first-order valence-corrected chi connectivity index (χ1v) is 23.8. The van der Waals surface area contributed by atoms with Gasteiger partial charge in [-0.3, -0.25) is 0 Å². The number of aliphatic hydroxyl groups is 2. The first-order valence-electron chi connectivity index (χ1n) is 21.5. The fourth-order valence-corrected chi connectivity index (χ4v) is 7.33. The normalized spacial score (nSPS) is 13.2. The molecule has 0 heterocycles. The number of hydrogen-bond donors (Lipinski definition) is 6. The van der Waals surface area contributed by atoms with Crippen LogP contribution in [-0.2, 0) is 4.31 Å². The lowest BCUT2D eigenvalue weighted by Gasteiger charge is -2.35. The van der Waals surface area contributed by atoms with Crippen LogP contribution in [0, 0.1) is 5.41 Å². The number of rotatable bonds is 38. The molecule has 0 aliphatic heterocycles. The third-order valence-corrected chi connectivity index (χ3v) is 11.7. The Morgan fingerprint density at radius 2 is 0.540 bits per heavy atom. The van der Waals surface area contributed by atoms with E-state index < -0.39 is 34.8 Å². The fraction of sp³-hybridized carbons (Fsp3) is 1.00. The minimum absolute atomic E-state index is 0.393. The molecular formula is C41H88O7P2. The Hall–Kier alpha value is 0.580. The van der Waals surface area contributed by atoms with Gasteiger partial charge in [-0.05, 0) is 12.8 Å². The molecule has 0 spiro atoms. The van der Waals surface area contributed by atoms with Crippen molar-refractivity contribution in [1.29, 1.82) is 0 Å². The average Bonchev–Trinajstić information content (AvgIpc) is 3.07. The van der Waals surface area contributed by atoms with Crippen molar-refractivity contribution in [3.63, 3.8) is 0 Å². The van der Waals surface area contributed by atoms with Gasteiger partial charge in [0.1, 0.15) is 0 Å². The zero-order valence-electron chi connectivity index (χ0n) is 33.7. The summed E-state index contributed by atoms with van der Waals surface area (Å²) in [6, 6.07) is 0. The summed E-state index contributed by atoms with van der Waals surface area (Å²) < 4.78 is 3.60. The monoisotopic (exact) mass is 755 g/mol. The van der Waals surface area contributed by atoms with E-state index in [0.717, 1.165) is 25.7 Å². The first-order chi connectivity index (χ1) is 24.1. The summed E-state index contributed by atoms with van der Waals surface area (Å²) in [6.45, 7) is 8.73. The molecule has 304 valence electrons. The Balaban J connectivity index is 0. The lowest BCUT2D eigenvalue weighted by atomic mass is 9.77. The van der Waals surface area contributed by atoms with Gasteiger partial charge in [-0.2, -0.15) is 0 Å². The van der Waals surface area contributed by atoms with Gasteiger partial charge in [0.15, 0.2) is 0 Å². The number of aliphatic hydroxyl groups excluding tert-OH is 2.